The van der Waals surface area contributed by atoms with E-state index in [1.54, 1.807) is 52.0 Å². The maximum atomic E-state index is 14.8. The zero-order chi connectivity index (χ0) is 42.8. The molecular formula is C41H52F3N5O9S. The molecule has 0 bridgehead atoms. The first-order valence-corrected chi connectivity index (χ1v) is 21.7. The molecule has 322 valence electrons. The van der Waals surface area contributed by atoms with Crippen LogP contribution in [0.4, 0.5) is 18.0 Å². The van der Waals surface area contributed by atoms with E-state index in [2.05, 4.69) is 20.3 Å². The number of alkyl carbamates (subject to hydrolysis) is 1. The van der Waals surface area contributed by atoms with Crippen LogP contribution in [0.15, 0.2) is 30.4 Å². The van der Waals surface area contributed by atoms with Gasteiger partial charge < -0.3 is 29.7 Å². The summed E-state index contributed by atoms with van der Waals surface area (Å²) in [4.78, 5) is 62.2. The lowest BCUT2D eigenvalue weighted by molar-refractivity contribution is -0.141. The van der Waals surface area contributed by atoms with Crippen LogP contribution >= 0.6 is 0 Å². The first kappa shape index (κ1) is 42.5. The zero-order valence-corrected chi connectivity index (χ0v) is 34.7. The van der Waals surface area contributed by atoms with Crippen molar-refractivity contribution in [3.05, 3.63) is 41.6 Å². The van der Waals surface area contributed by atoms with Crippen LogP contribution in [0.1, 0.15) is 103 Å². The van der Waals surface area contributed by atoms with Crippen LogP contribution in [0.3, 0.4) is 0 Å². The quantitative estimate of drug-likeness (QED) is 0.323. The van der Waals surface area contributed by atoms with Crippen molar-refractivity contribution in [1.82, 2.24) is 25.2 Å². The molecule has 3 aliphatic heterocycles. The molecule has 5 aliphatic rings. The van der Waals surface area contributed by atoms with E-state index >= 15 is 0 Å². The highest BCUT2D eigenvalue weighted by Crippen LogP contribution is 2.49. The lowest BCUT2D eigenvalue weighted by Gasteiger charge is -2.37. The van der Waals surface area contributed by atoms with Gasteiger partial charge in [-0.15, -0.1) is 0 Å². The van der Waals surface area contributed by atoms with Crippen LogP contribution in [0.25, 0.3) is 10.9 Å². The Hall–Kier alpha value is -4.61. The fourth-order valence-electron chi connectivity index (χ4n) is 8.46. The molecule has 1 spiro atoms. The minimum absolute atomic E-state index is 0.0876. The smallest absolute Gasteiger partial charge is 0.408 e. The molecule has 18 heteroatoms. The normalized spacial score (nSPS) is 28.7. The number of aryl methyl sites for hydroxylation is 1. The molecular weight excluding hydrogens is 796 g/mol. The number of pyridine rings is 1. The van der Waals surface area contributed by atoms with Gasteiger partial charge >= 0.3 is 12.3 Å². The summed E-state index contributed by atoms with van der Waals surface area (Å²) in [5, 5.41) is 6.06. The maximum absolute atomic E-state index is 14.8. The predicted octanol–water partition coefficient (Wildman–Crippen LogP) is 5.30. The van der Waals surface area contributed by atoms with Crippen LogP contribution in [-0.2, 0) is 42.0 Å². The largest absolute Gasteiger partial charge is 0.497 e. The third-order valence-electron chi connectivity index (χ3n) is 12.1. The van der Waals surface area contributed by atoms with Crippen LogP contribution in [0, 0.1) is 5.92 Å². The number of sulfonamides is 1. The molecule has 14 nitrogen and oxygen atoms in total. The number of benzene rings is 1. The average molecular weight is 848 g/mol. The Balaban J connectivity index is 1.27. The topological polar surface area (TPSA) is 182 Å². The molecule has 1 aromatic carbocycles. The van der Waals surface area contributed by atoms with Gasteiger partial charge in [0.2, 0.25) is 21.8 Å². The number of hydrogen-bond acceptors (Lipinski definition) is 10. The van der Waals surface area contributed by atoms with Crippen molar-refractivity contribution in [2.45, 2.75) is 144 Å². The Labute approximate surface area is 341 Å². The number of fused-ring (bicyclic) bond motifs is 5. The van der Waals surface area contributed by atoms with E-state index in [4.69, 9.17) is 14.2 Å². The van der Waals surface area contributed by atoms with Crippen LogP contribution < -0.4 is 24.8 Å². The minimum Gasteiger partial charge on any atom is -0.497 e. The fourth-order valence-corrected chi connectivity index (χ4v) is 9.77. The summed E-state index contributed by atoms with van der Waals surface area (Å²) >= 11 is 0. The Morgan fingerprint density at radius 3 is 2.51 bits per heavy atom. The fraction of sp³-hybridized carbons (Fsp3) is 0.634. The van der Waals surface area contributed by atoms with Crippen molar-refractivity contribution in [3.63, 3.8) is 0 Å². The van der Waals surface area contributed by atoms with Crippen molar-refractivity contribution in [3.8, 4) is 11.5 Å². The molecule has 1 aromatic heterocycles. The van der Waals surface area contributed by atoms with E-state index in [-0.39, 0.29) is 50.1 Å². The summed E-state index contributed by atoms with van der Waals surface area (Å²) in [7, 11) is -2.61. The number of allylic oxidation sites excluding steroid dienone is 1. The first-order valence-electron chi connectivity index (χ1n) is 20.2. The predicted molar refractivity (Wildman–Crippen MR) is 209 cm³/mol. The van der Waals surface area contributed by atoms with Crippen molar-refractivity contribution < 1.29 is 55.0 Å². The van der Waals surface area contributed by atoms with Crippen molar-refractivity contribution in [2.24, 2.45) is 5.92 Å². The van der Waals surface area contributed by atoms with E-state index in [9.17, 15) is 40.8 Å². The number of amides is 4. The Morgan fingerprint density at radius 1 is 1.08 bits per heavy atom. The highest BCUT2D eigenvalue weighted by Gasteiger charge is 2.64. The van der Waals surface area contributed by atoms with Gasteiger partial charge in [0.15, 0.2) is 0 Å². The second-order valence-electron chi connectivity index (χ2n) is 17.9. The second-order valence-corrected chi connectivity index (χ2v) is 20.1. The van der Waals surface area contributed by atoms with Crippen LogP contribution in [0.5, 0.6) is 11.5 Å². The molecule has 2 aromatic rings. The minimum atomic E-state index is -4.65. The number of rotatable bonds is 6. The van der Waals surface area contributed by atoms with Crippen molar-refractivity contribution >= 4 is 44.7 Å². The summed E-state index contributed by atoms with van der Waals surface area (Å²) in [6.45, 7) is 6.33. The Morgan fingerprint density at radius 2 is 1.83 bits per heavy atom. The summed E-state index contributed by atoms with van der Waals surface area (Å²) in [5.74, 6) is -2.46. The first-order chi connectivity index (χ1) is 27.6. The molecule has 3 fully saturated rings. The van der Waals surface area contributed by atoms with Gasteiger partial charge in [-0.25, -0.2) is 18.2 Å². The number of nitrogens with zero attached hydrogens (tertiary/aromatic N) is 2. The number of alkyl halides is 3. The number of halogens is 3. The number of aromatic nitrogens is 1. The summed E-state index contributed by atoms with van der Waals surface area (Å²) in [5.41, 5.74) is -3.46. The molecule has 1 saturated heterocycles. The molecule has 0 unspecified atom stereocenters. The molecule has 4 amide bonds. The molecule has 4 heterocycles. The van der Waals surface area contributed by atoms with Gasteiger partial charge in [-0.1, -0.05) is 25.0 Å². The summed E-state index contributed by atoms with van der Waals surface area (Å²) < 4.78 is 87.3. The number of carbonyl (C=O) groups is 4. The van der Waals surface area contributed by atoms with E-state index in [0.717, 1.165) is 0 Å². The molecule has 59 heavy (non-hydrogen) atoms. The van der Waals surface area contributed by atoms with Crippen LogP contribution in [0.2, 0.25) is 0 Å². The summed E-state index contributed by atoms with van der Waals surface area (Å²) in [6, 6.07) is 2.38. The Kier molecular flexibility index (Phi) is 10.9. The van der Waals surface area contributed by atoms with Gasteiger partial charge in [0.1, 0.15) is 40.3 Å². The number of methoxy groups -OCH3 is 1. The molecule has 5 atom stereocenters. The molecule has 2 saturated carbocycles. The van der Waals surface area contributed by atoms with E-state index in [0.29, 0.717) is 60.7 Å². The molecule has 0 radical (unpaired) electrons. The van der Waals surface area contributed by atoms with Gasteiger partial charge in [0.05, 0.1) is 36.0 Å². The number of hydrogen-bond donors (Lipinski definition) is 3. The van der Waals surface area contributed by atoms with Gasteiger partial charge in [-0.3, -0.25) is 19.1 Å². The van der Waals surface area contributed by atoms with Gasteiger partial charge in [0.25, 0.3) is 5.91 Å². The second kappa shape index (κ2) is 15.1. The van der Waals surface area contributed by atoms with E-state index in [1.807, 2.05) is 6.08 Å². The SMILES string of the molecule is COc1ccc2nc(CC(F)(F)F)c3c(c2c1)CC[C@]1(C[C@H]2C(=O)N[C@]4(C(=O)NS(=O)(=O)C5(C)CC5)C[C@H]4/C=C\CCCCC[C@H](NC(=O)OC(C)(C)C)C(=O)N2C1)O3. The van der Waals surface area contributed by atoms with Gasteiger partial charge in [0, 0.05) is 23.3 Å². The highest BCUT2D eigenvalue weighted by molar-refractivity contribution is 7.91. The number of carbonyl (C=O) groups excluding carboxylic acids is 4. The maximum Gasteiger partial charge on any atom is 0.408 e. The Bertz CT molecular complexity index is 2190. The average Bonchev–Trinajstić information content (AvgIpc) is 4.03. The molecule has 3 N–H and O–H groups in total. The lowest BCUT2D eigenvalue weighted by Crippen LogP contribution is -2.58. The van der Waals surface area contributed by atoms with Crippen LogP contribution in [-0.4, -0.2) is 95.5 Å². The van der Waals surface area contributed by atoms with E-state index < -0.39 is 85.9 Å². The standard InChI is InChI=1S/C41H52F3N5O9S/c1-37(2,3)58-36(53)46-29-12-10-8-6-7-9-11-24-20-40(24,35(52)48-59(54,55)38(4)17-18-38)47-33(50)31-22-39(23-49(31)34(29)51)16-15-26-27-19-25(56-5)13-14-28(27)45-30(32(26)57-39)21-41(42,43)44/h9,11,13-14,19,24,29,31H,6-8,10,12,15-18,20-23H2,1-5H3,(H,46,53)(H,47,50)(H,48,52)/b11-9-/t24-,29+,31+,39-,40-/m1/s1. The lowest BCUT2D eigenvalue weighted by atomic mass is 9.86. The summed E-state index contributed by atoms with van der Waals surface area (Å²) in [6.07, 6.45) is 0.616. The third-order valence-corrected chi connectivity index (χ3v) is 14.3. The number of ether oxygens (including phenoxy) is 3. The zero-order valence-electron chi connectivity index (χ0n) is 33.9. The van der Waals surface area contributed by atoms with Gasteiger partial charge in [-0.05, 0) is 97.3 Å². The highest BCUT2D eigenvalue weighted by atomic mass is 32.2. The molecule has 2 aliphatic carbocycles. The molecule has 7 rings (SSSR count). The van der Waals surface area contributed by atoms with Gasteiger partial charge in [-0.2, -0.15) is 13.2 Å². The number of nitrogens with one attached hydrogen (secondary N) is 3. The monoisotopic (exact) mass is 847 g/mol. The van der Waals surface area contributed by atoms with Crippen molar-refractivity contribution in [1.29, 1.82) is 0 Å². The van der Waals surface area contributed by atoms with E-state index in [1.165, 1.54) is 12.0 Å². The third kappa shape index (κ3) is 8.83. The van der Waals surface area contributed by atoms with Crippen molar-refractivity contribution in [2.75, 3.05) is 13.7 Å².